The first-order valence-corrected chi connectivity index (χ1v) is 7.60. The highest BCUT2D eigenvalue weighted by Crippen LogP contribution is 2.32. The van der Waals surface area contributed by atoms with Crippen LogP contribution in [-0.4, -0.2) is 46.8 Å². The van der Waals surface area contributed by atoms with Gasteiger partial charge in [-0.1, -0.05) is 30.4 Å². The van der Waals surface area contributed by atoms with Crippen LogP contribution in [-0.2, 0) is 19.0 Å². The van der Waals surface area contributed by atoms with Gasteiger partial charge in [0.05, 0.1) is 26.9 Å². The molecule has 1 aromatic carbocycles. The first-order valence-electron chi connectivity index (χ1n) is 7.60. The summed E-state index contributed by atoms with van der Waals surface area (Å²) in [5.74, 6) is 0.788. The number of esters is 1. The van der Waals surface area contributed by atoms with Crippen molar-refractivity contribution in [2.24, 2.45) is 0 Å². The number of hydrogen-bond acceptors (Lipinski definition) is 6. The molecule has 0 amide bonds. The minimum Gasteiger partial charge on any atom is -0.493 e. The largest absolute Gasteiger partial charge is 0.493 e. The van der Waals surface area contributed by atoms with Crippen molar-refractivity contribution in [1.82, 2.24) is 0 Å². The average Bonchev–Trinajstić information content (AvgIpc) is 2.59. The molecule has 1 rings (SSSR count). The molecule has 1 aromatic rings. The molecule has 0 aliphatic heterocycles. The fourth-order valence-corrected chi connectivity index (χ4v) is 1.76. The zero-order valence-electron chi connectivity index (χ0n) is 14.3. The number of carbonyl (C=O) groups is 1. The Bertz CT molecular complexity index is 550. The Hall–Kier alpha value is -2.31. The monoisotopic (exact) mass is 336 g/mol. The number of allylic oxidation sites excluding steroid dienone is 2. The lowest BCUT2D eigenvalue weighted by Gasteiger charge is -2.13. The summed E-state index contributed by atoms with van der Waals surface area (Å²) in [6, 6.07) is 5.53. The Morgan fingerprint density at radius 2 is 2.00 bits per heavy atom. The lowest BCUT2D eigenvalue weighted by Crippen LogP contribution is -2.09. The molecule has 0 bridgehead atoms. The lowest BCUT2D eigenvalue weighted by molar-refractivity contribution is -0.137. The molecule has 0 spiro atoms. The Balaban J connectivity index is 2.73. The van der Waals surface area contributed by atoms with Crippen molar-refractivity contribution in [2.45, 2.75) is 6.92 Å². The van der Waals surface area contributed by atoms with Crippen LogP contribution in [0.5, 0.6) is 11.5 Å². The second-order valence-corrected chi connectivity index (χ2v) is 4.51. The Morgan fingerprint density at radius 3 is 2.71 bits per heavy atom. The number of hydrogen-bond donors (Lipinski definition) is 0. The van der Waals surface area contributed by atoms with Crippen LogP contribution in [0.15, 0.2) is 36.4 Å². The van der Waals surface area contributed by atoms with Crippen LogP contribution >= 0.6 is 0 Å². The van der Waals surface area contributed by atoms with Gasteiger partial charge in [-0.25, -0.2) is 4.79 Å². The number of benzene rings is 1. The van der Waals surface area contributed by atoms with Gasteiger partial charge in [0, 0.05) is 18.7 Å². The number of rotatable bonds is 11. The minimum atomic E-state index is -0.379. The van der Waals surface area contributed by atoms with E-state index in [0.717, 1.165) is 5.56 Å². The molecule has 0 atom stereocenters. The summed E-state index contributed by atoms with van der Waals surface area (Å²) in [6.07, 6.45) is 6.50. The standard InChI is InChI=1S/C18H24O6/c1-4-23-17(19)11-6-5-8-15-9-7-10-16(21-3)18(15)24-14-22-13-12-20-2/h5-11H,4,12-14H2,1-3H3/b8-5+,11-6+. The van der Waals surface area contributed by atoms with Crippen LogP contribution < -0.4 is 9.47 Å². The lowest BCUT2D eigenvalue weighted by atomic mass is 10.1. The molecule has 0 unspecified atom stereocenters. The predicted octanol–water partition coefficient (Wildman–Crippen LogP) is 2.83. The third kappa shape index (κ3) is 7.30. The molecule has 0 aliphatic rings. The normalized spacial score (nSPS) is 11.1. The Kier molecular flexibility index (Phi) is 9.99. The third-order valence-electron chi connectivity index (χ3n) is 2.85. The highest BCUT2D eigenvalue weighted by molar-refractivity contribution is 5.82. The topological polar surface area (TPSA) is 63.2 Å². The number of para-hydroxylation sites is 1. The summed E-state index contributed by atoms with van der Waals surface area (Å²) in [5, 5.41) is 0. The van der Waals surface area contributed by atoms with Crippen molar-refractivity contribution in [1.29, 1.82) is 0 Å². The number of carbonyl (C=O) groups excluding carboxylic acids is 1. The van der Waals surface area contributed by atoms with E-state index in [-0.39, 0.29) is 12.8 Å². The van der Waals surface area contributed by atoms with E-state index in [9.17, 15) is 4.79 Å². The van der Waals surface area contributed by atoms with Gasteiger partial charge >= 0.3 is 5.97 Å². The molecule has 0 aromatic heterocycles. The van der Waals surface area contributed by atoms with E-state index in [1.165, 1.54) is 6.08 Å². The molecular formula is C18H24O6. The maximum Gasteiger partial charge on any atom is 0.330 e. The Labute approximate surface area is 142 Å². The van der Waals surface area contributed by atoms with E-state index in [4.69, 9.17) is 23.7 Å². The molecule has 132 valence electrons. The van der Waals surface area contributed by atoms with Gasteiger partial charge in [-0.15, -0.1) is 0 Å². The van der Waals surface area contributed by atoms with Gasteiger partial charge in [-0.05, 0) is 13.0 Å². The second kappa shape index (κ2) is 12.2. The first kappa shape index (κ1) is 19.7. The molecule has 0 saturated heterocycles. The van der Waals surface area contributed by atoms with Crippen molar-refractivity contribution < 1.29 is 28.5 Å². The molecule has 0 fully saturated rings. The molecule has 0 radical (unpaired) electrons. The maximum absolute atomic E-state index is 11.2. The Morgan fingerprint density at radius 1 is 1.17 bits per heavy atom. The molecule has 0 saturated carbocycles. The van der Waals surface area contributed by atoms with Crippen molar-refractivity contribution in [3.8, 4) is 11.5 Å². The van der Waals surface area contributed by atoms with Crippen LogP contribution in [0.2, 0.25) is 0 Å². The van der Waals surface area contributed by atoms with Crippen molar-refractivity contribution in [3.05, 3.63) is 42.0 Å². The highest BCUT2D eigenvalue weighted by atomic mass is 16.7. The first-order chi connectivity index (χ1) is 11.7. The fraction of sp³-hybridized carbons (Fsp3) is 0.389. The summed E-state index contributed by atoms with van der Waals surface area (Å²) in [4.78, 5) is 11.2. The van der Waals surface area contributed by atoms with Crippen molar-refractivity contribution in [3.63, 3.8) is 0 Å². The molecular weight excluding hydrogens is 312 g/mol. The maximum atomic E-state index is 11.2. The van der Waals surface area contributed by atoms with Gasteiger partial charge in [0.15, 0.2) is 18.3 Å². The number of methoxy groups -OCH3 is 2. The van der Waals surface area contributed by atoms with E-state index in [2.05, 4.69) is 0 Å². The summed E-state index contributed by atoms with van der Waals surface area (Å²) in [7, 11) is 3.18. The SMILES string of the molecule is CCOC(=O)/C=C/C=C/c1cccc(OC)c1OCOCCOC. The van der Waals surface area contributed by atoms with Gasteiger partial charge in [-0.2, -0.15) is 0 Å². The van der Waals surface area contributed by atoms with Crippen LogP contribution in [0.1, 0.15) is 12.5 Å². The zero-order valence-corrected chi connectivity index (χ0v) is 14.3. The molecule has 6 nitrogen and oxygen atoms in total. The van der Waals surface area contributed by atoms with E-state index in [1.807, 2.05) is 18.2 Å². The van der Waals surface area contributed by atoms with Crippen LogP contribution in [0.3, 0.4) is 0 Å². The van der Waals surface area contributed by atoms with Gasteiger partial charge in [0.2, 0.25) is 0 Å². The fourth-order valence-electron chi connectivity index (χ4n) is 1.76. The van der Waals surface area contributed by atoms with Gasteiger partial charge in [-0.3, -0.25) is 0 Å². The summed E-state index contributed by atoms with van der Waals surface area (Å²) in [6.45, 7) is 3.14. The molecule has 0 N–H and O–H groups in total. The molecule has 24 heavy (non-hydrogen) atoms. The average molecular weight is 336 g/mol. The highest BCUT2D eigenvalue weighted by Gasteiger charge is 2.08. The third-order valence-corrected chi connectivity index (χ3v) is 2.85. The van der Waals surface area contributed by atoms with Gasteiger partial charge in [0.25, 0.3) is 0 Å². The quantitative estimate of drug-likeness (QED) is 0.204. The number of ether oxygens (including phenoxy) is 5. The smallest absolute Gasteiger partial charge is 0.330 e. The van der Waals surface area contributed by atoms with E-state index < -0.39 is 0 Å². The van der Waals surface area contributed by atoms with E-state index in [1.54, 1.807) is 39.4 Å². The zero-order chi connectivity index (χ0) is 17.6. The predicted molar refractivity (Wildman–Crippen MR) is 91.1 cm³/mol. The van der Waals surface area contributed by atoms with E-state index >= 15 is 0 Å². The van der Waals surface area contributed by atoms with Crippen LogP contribution in [0, 0.1) is 0 Å². The van der Waals surface area contributed by atoms with Crippen LogP contribution in [0.4, 0.5) is 0 Å². The van der Waals surface area contributed by atoms with Gasteiger partial charge in [0.1, 0.15) is 0 Å². The van der Waals surface area contributed by atoms with Gasteiger partial charge < -0.3 is 23.7 Å². The molecule has 0 heterocycles. The summed E-state index contributed by atoms with van der Waals surface area (Å²) < 4.78 is 26.0. The van der Waals surface area contributed by atoms with Crippen molar-refractivity contribution >= 4 is 12.0 Å². The minimum absolute atomic E-state index is 0.0865. The molecule has 0 aliphatic carbocycles. The summed E-state index contributed by atoms with van der Waals surface area (Å²) in [5.41, 5.74) is 0.804. The van der Waals surface area contributed by atoms with Crippen LogP contribution in [0.25, 0.3) is 6.08 Å². The van der Waals surface area contributed by atoms with E-state index in [0.29, 0.717) is 31.3 Å². The summed E-state index contributed by atoms with van der Waals surface area (Å²) >= 11 is 0. The molecule has 6 heteroatoms. The second-order valence-electron chi connectivity index (χ2n) is 4.51. The van der Waals surface area contributed by atoms with Crippen molar-refractivity contribution in [2.75, 3.05) is 40.8 Å².